The van der Waals surface area contributed by atoms with Crippen LogP contribution in [0.3, 0.4) is 0 Å². The normalized spacial score (nSPS) is 29.9. The number of hydrogen-bond acceptors (Lipinski definition) is 8. The molecule has 0 aromatic heterocycles. The first kappa shape index (κ1) is 23.6. The Hall–Kier alpha value is -1.70. The minimum absolute atomic E-state index is 0.297. The number of amides is 4. The molecule has 12 nitrogen and oxygen atoms in total. The summed E-state index contributed by atoms with van der Waals surface area (Å²) in [6, 6.07) is -1.51. The average Bonchev–Trinajstić information content (AvgIpc) is 3.04. The number of aliphatic hydroxyl groups excluding tert-OH is 4. The van der Waals surface area contributed by atoms with Gasteiger partial charge in [-0.15, -0.1) is 0 Å². The third kappa shape index (κ3) is 4.27. The van der Waals surface area contributed by atoms with E-state index in [-0.39, 0.29) is 0 Å². The summed E-state index contributed by atoms with van der Waals surface area (Å²) >= 11 is 0. The zero-order valence-corrected chi connectivity index (χ0v) is 17.2. The minimum atomic E-state index is -1.64. The number of hydrogen-bond donors (Lipinski definition) is 4. The maximum absolute atomic E-state index is 12.8. The van der Waals surface area contributed by atoms with Gasteiger partial charge in [0.2, 0.25) is 0 Å². The molecule has 2 aliphatic rings. The summed E-state index contributed by atoms with van der Waals surface area (Å²) < 4.78 is 10.9. The van der Waals surface area contributed by atoms with Crippen LogP contribution in [0.4, 0.5) is 9.59 Å². The highest BCUT2D eigenvalue weighted by Crippen LogP contribution is 2.29. The van der Waals surface area contributed by atoms with E-state index >= 15 is 0 Å². The van der Waals surface area contributed by atoms with Crippen molar-refractivity contribution in [2.75, 3.05) is 19.9 Å². The lowest BCUT2D eigenvalue weighted by atomic mass is 10.3. The Labute approximate surface area is 169 Å². The molecule has 0 aromatic carbocycles. The van der Waals surface area contributed by atoms with Crippen LogP contribution < -0.4 is 0 Å². The predicted molar refractivity (Wildman–Crippen MR) is 98.5 cm³/mol. The lowest BCUT2D eigenvalue weighted by molar-refractivity contribution is -0.136. The molecule has 168 valence electrons. The van der Waals surface area contributed by atoms with Gasteiger partial charge in [0, 0.05) is 13.2 Å². The first-order valence-electron chi connectivity index (χ1n) is 9.88. The zero-order chi connectivity index (χ0) is 21.9. The number of ether oxygens (including phenoxy) is 2. The third-order valence-electron chi connectivity index (χ3n) is 5.02. The second-order valence-corrected chi connectivity index (χ2v) is 6.75. The van der Waals surface area contributed by atoms with Gasteiger partial charge in [0.1, 0.15) is 19.1 Å². The van der Waals surface area contributed by atoms with Crippen LogP contribution in [0.2, 0.25) is 0 Å². The second kappa shape index (κ2) is 9.87. The van der Waals surface area contributed by atoms with E-state index in [0.717, 1.165) is 19.6 Å². The molecule has 6 atom stereocenters. The van der Waals surface area contributed by atoms with Crippen LogP contribution in [0.1, 0.15) is 40.5 Å². The van der Waals surface area contributed by atoms with E-state index in [2.05, 4.69) is 0 Å². The van der Waals surface area contributed by atoms with Gasteiger partial charge in [0.25, 0.3) is 0 Å². The minimum Gasteiger partial charge on any atom is -0.369 e. The van der Waals surface area contributed by atoms with Gasteiger partial charge in [-0.1, -0.05) is 13.8 Å². The smallest absolute Gasteiger partial charge is 0.327 e. The van der Waals surface area contributed by atoms with E-state index in [9.17, 15) is 30.0 Å². The maximum atomic E-state index is 12.8. The summed E-state index contributed by atoms with van der Waals surface area (Å²) in [5, 5.41) is 41.3. The van der Waals surface area contributed by atoms with Crippen LogP contribution >= 0.6 is 0 Å². The highest BCUT2D eigenvalue weighted by Gasteiger charge is 2.52. The Morgan fingerprint density at radius 3 is 1.34 bits per heavy atom. The molecule has 0 aliphatic carbocycles. The first-order valence-corrected chi connectivity index (χ1v) is 9.88. The molecule has 2 fully saturated rings. The average molecular weight is 420 g/mol. The van der Waals surface area contributed by atoms with Gasteiger partial charge < -0.3 is 29.9 Å². The van der Waals surface area contributed by atoms with Crippen molar-refractivity contribution in [2.24, 2.45) is 0 Å². The van der Waals surface area contributed by atoms with Gasteiger partial charge in [-0.25, -0.2) is 9.59 Å². The topological polar surface area (TPSA) is 146 Å². The molecule has 4 amide bonds. The highest BCUT2D eigenvalue weighted by atomic mass is 16.5. The molecule has 0 saturated carbocycles. The molecule has 6 unspecified atom stereocenters. The molecule has 0 aromatic rings. The van der Waals surface area contributed by atoms with Crippen molar-refractivity contribution in [1.29, 1.82) is 0 Å². The number of rotatable bonds is 10. The predicted octanol–water partition coefficient (Wildman–Crippen LogP) is -0.762. The van der Waals surface area contributed by atoms with Crippen LogP contribution in [-0.4, -0.2) is 109 Å². The molecular formula is C17H32N4O8. The Balaban J connectivity index is 2.19. The summed E-state index contributed by atoms with van der Waals surface area (Å²) in [5.41, 5.74) is 0. The van der Waals surface area contributed by atoms with Gasteiger partial charge in [-0.3, -0.25) is 19.6 Å². The van der Waals surface area contributed by atoms with E-state index in [1.54, 1.807) is 27.7 Å². The zero-order valence-electron chi connectivity index (χ0n) is 17.2. The molecule has 2 rings (SSSR count). The van der Waals surface area contributed by atoms with Crippen molar-refractivity contribution in [3.05, 3.63) is 0 Å². The van der Waals surface area contributed by atoms with Crippen LogP contribution in [0.25, 0.3) is 0 Å². The van der Waals surface area contributed by atoms with E-state index in [1.807, 2.05) is 0 Å². The Bertz CT molecular complexity index is 534. The maximum Gasteiger partial charge on any atom is 0.327 e. The summed E-state index contributed by atoms with van der Waals surface area (Å²) in [7, 11) is 0. The van der Waals surface area contributed by atoms with Crippen molar-refractivity contribution >= 4 is 12.1 Å². The fraction of sp³-hybridized carbons (Fsp3) is 0.882. The van der Waals surface area contributed by atoms with Crippen molar-refractivity contribution in [3.8, 4) is 0 Å². The van der Waals surface area contributed by atoms with Crippen molar-refractivity contribution < 1.29 is 39.5 Å². The van der Waals surface area contributed by atoms with Gasteiger partial charge in [0.05, 0.1) is 0 Å². The Morgan fingerprint density at radius 1 is 0.724 bits per heavy atom. The SMILES string of the molecule is CCOC(CC)N1C(=O)N(CN2C(=O)N(C(CC)OCC)C(O)C2O)C(O)C1O. The van der Waals surface area contributed by atoms with Crippen LogP contribution in [0.5, 0.6) is 0 Å². The lowest BCUT2D eigenvalue weighted by Gasteiger charge is -2.29. The monoisotopic (exact) mass is 420 g/mol. The second-order valence-electron chi connectivity index (χ2n) is 6.75. The molecule has 0 spiro atoms. The molecule has 0 bridgehead atoms. The molecule has 29 heavy (non-hydrogen) atoms. The quantitative estimate of drug-likeness (QED) is 0.361. The Kier molecular flexibility index (Phi) is 8.02. The van der Waals surface area contributed by atoms with Crippen LogP contribution in [0.15, 0.2) is 0 Å². The van der Waals surface area contributed by atoms with Gasteiger partial charge >= 0.3 is 12.1 Å². The van der Waals surface area contributed by atoms with Crippen molar-refractivity contribution in [2.45, 2.75) is 77.9 Å². The molecule has 2 heterocycles. The summed E-state index contributed by atoms with van der Waals surface area (Å²) in [5.74, 6) is 0. The van der Waals surface area contributed by atoms with E-state index in [1.165, 1.54) is 0 Å². The summed E-state index contributed by atoms with van der Waals surface area (Å²) in [4.78, 5) is 29.2. The molecule has 12 heteroatoms. The highest BCUT2D eigenvalue weighted by molar-refractivity contribution is 5.80. The number of aliphatic hydroxyl groups is 4. The Morgan fingerprint density at radius 2 is 1.07 bits per heavy atom. The third-order valence-corrected chi connectivity index (χ3v) is 5.02. The van der Waals surface area contributed by atoms with Crippen LogP contribution in [0, 0.1) is 0 Å². The number of urea groups is 2. The fourth-order valence-corrected chi connectivity index (χ4v) is 3.57. The molecule has 2 aliphatic heterocycles. The van der Waals surface area contributed by atoms with Gasteiger partial charge in [-0.05, 0) is 26.7 Å². The molecule has 4 N–H and O–H groups in total. The first-order chi connectivity index (χ1) is 13.7. The number of carbonyl (C=O) groups is 2. The lowest BCUT2D eigenvalue weighted by Crippen LogP contribution is -2.49. The molecular weight excluding hydrogens is 388 g/mol. The summed E-state index contributed by atoms with van der Waals surface area (Å²) in [6.45, 7) is 7.05. The fourth-order valence-electron chi connectivity index (χ4n) is 3.57. The van der Waals surface area contributed by atoms with Crippen molar-refractivity contribution in [3.63, 3.8) is 0 Å². The van der Waals surface area contributed by atoms with Crippen LogP contribution in [-0.2, 0) is 9.47 Å². The van der Waals surface area contributed by atoms with Gasteiger partial charge in [-0.2, -0.15) is 0 Å². The number of carbonyl (C=O) groups excluding carboxylic acids is 2. The summed E-state index contributed by atoms with van der Waals surface area (Å²) in [6.07, 6.45) is -7.18. The molecule has 2 saturated heterocycles. The largest absolute Gasteiger partial charge is 0.369 e. The molecule has 0 radical (unpaired) electrons. The van der Waals surface area contributed by atoms with E-state index in [4.69, 9.17) is 9.47 Å². The number of nitrogens with zero attached hydrogens (tertiary/aromatic N) is 4. The van der Waals surface area contributed by atoms with Crippen molar-refractivity contribution in [1.82, 2.24) is 19.6 Å². The van der Waals surface area contributed by atoms with E-state index in [0.29, 0.717) is 26.1 Å². The van der Waals surface area contributed by atoms with Gasteiger partial charge in [0.15, 0.2) is 24.9 Å². The standard InChI is InChI=1S/C17H32N4O8/c1-5-10(28-7-3)20-14(24)12(22)18(16(20)26)9-19-13(23)15(25)21(17(19)27)11(6-2)29-8-4/h10-15,22-25H,5-9H2,1-4H3. The van der Waals surface area contributed by atoms with E-state index < -0.39 is 56.1 Å².